The molecule has 3 rings (SSSR count). The summed E-state index contributed by atoms with van der Waals surface area (Å²) in [6.07, 6.45) is 6.51. The fraction of sp³-hybridized carbons (Fsp3) is 0.286. The molecule has 1 nitrogen and oxygen atoms in total. The molecular weight excluding hydrogens is 304 g/mol. The van der Waals surface area contributed by atoms with E-state index < -0.39 is 5.82 Å². The fourth-order valence-electron chi connectivity index (χ4n) is 3.48. The molecule has 0 atom stereocenters. The summed E-state index contributed by atoms with van der Waals surface area (Å²) in [5.41, 5.74) is 3.07. The van der Waals surface area contributed by atoms with Gasteiger partial charge < -0.3 is 0 Å². The minimum absolute atomic E-state index is 0.0643. The second-order valence-electron chi connectivity index (χ2n) is 6.36. The Balaban J connectivity index is 1.72. The van der Waals surface area contributed by atoms with Gasteiger partial charge in [-0.1, -0.05) is 36.4 Å². The molecule has 1 aliphatic rings. The minimum Gasteiger partial charge on any atom is -0.216 e. The van der Waals surface area contributed by atoms with E-state index >= 15 is 0 Å². The average molecular weight is 323 g/mol. The standard InChI is InChI=1S/C21H19F2N/c22-12-11-15-1-3-16(4-2-15)17-5-7-18(8-6-17)19-9-10-20(14-24)21(23)13-19/h5-13,15-16H,1-4H2/b12-11+. The first-order valence-electron chi connectivity index (χ1n) is 8.28. The van der Waals surface area contributed by atoms with Gasteiger partial charge in [0, 0.05) is 0 Å². The van der Waals surface area contributed by atoms with Gasteiger partial charge in [0.1, 0.15) is 11.9 Å². The van der Waals surface area contributed by atoms with Crippen LogP contribution in [0.5, 0.6) is 0 Å². The number of nitrogens with zero attached hydrogens (tertiary/aromatic N) is 1. The van der Waals surface area contributed by atoms with E-state index in [1.165, 1.54) is 17.7 Å². The molecule has 1 fully saturated rings. The Morgan fingerprint density at radius 2 is 1.62 bits per heavy atom. The van der Waals surface area contributed by atoms with Crippen molar-refractivity contribution in [1.29, 1.82) is 5.26 Å². The second kappa shape index (κ2) is 7.40. The van der Waals surface area contributed by atoms with Crippen LogP contribution in [0, 0.1) is 23.1 Å². The van der Waals surface area contributed by atoms with E-state index in [1.54, 1.807) is 12.1 Å². The maximum atomic E-state index is 13.8. The Hall–Kier alpha value is -2.47. The van der Waals surface area contributed by atoms with E-state index in [0.29, 0.717) is 18.2 Å². The first kappa shape index (κ1) is 16.4. The van der Waals surface area contributed by atoms with Gasteiger partial charge in [0.05, 0.1) is 11.9 Å². The molecule has 0 amide bonds. The highest BCUT2D eigenvalue weighted by molar-refractivity contribution is 5.64. The Morgan fingerprint density at radius 3 is 2.21 bits per heavy atom. The lowest BCUT2D eigenvalue weighted by atomic mass is 9.78. The van der Waals surface area contributed by atoms with Crippen LogP contribution >= 0.6 is 0 Å². The summed E-state index contributed by atoms with van der Waals surface area (Å²) in [6.45, 7) is 0. The van der Waals surface area contributed by atoms with Gasteiger partial charge in [-0.2, -0.15) is 5.26 Å². The Labute approximate surface area is 141 Å². The van der Waals surface area contributed by atoms with Crippen LogP contribution < -0.4 is 0 Å². The van der Waals surface area contributed by atoms with E-state index in [2.05, 4.69) is 12.1 Å². The zero-order chi connectivity index (χ0) is 16.9. The summed E-state index contributed by atoms with van der Waals surface area (Å²) in [6, 6.07) is 14.7. The largest absolute Gasteiger partial charge is 0.216 e. The van der Waals surface area contributed by atoms with Crippen LogP contribution in [0.1, 0.15) is 42.7 Å². The topological polar surface area (TPSA) is 23.8 Å². The molecule has 0 spiro atoms. The second-order valence-corrected chi connectivity index (χ2v) is 6.36. The maximum absolute atomic E-state index is 13.8. The summed E-state index contributed by atoms with van der Waals surface area (Å²) >= 11 is 0. The molecule has 3 heteroatoms. The highest BCUT2D eigenvalue weighted by atomic mass is 19.1. The summed E-state index contributed by atoms with van der Waals surface area (Å²) in [5.74, 6) is 0.395. The number of allylic oxidation sites excluding steroid dienone is 1. The summed E-state index contributed by atoms with van der Waals surface area (Å²) in [5, 5.41) is 8.80. The van der Waals surface area contributed by atoms with Crippen molar-refractivity contribution >= 4 is 0 Å². The number of rotatable bonds is 3. The number of hydrogen-bond donors (Lipinski definition) is 0. The van der Waals surface area contributed by atoms with Crippen molar-refractivity contribution < 1.29 is 8.78 Å². The Bertz CT molecular complexity index is 763. The molecule has 0 saturated heterocycles. The molecule has 0 N–H and O–H groups in total. The van der Waals surface area contributed by atoms with Gasteiger partial charge in [0.2, 0.25) is 0 Å². The first-order valence-corrected chi connectivity index (χ1v) is 8.28. The van der Waals surface area contributed by atoms with E-state index in [0.717, 1.165) is 36.8 Å². The van der Waals surface area contributed by atoms with Crippen LogP contribution in [-0.2, 0) is 0 Å². The van der Waals surface area contributed by atoms with E-state index in [1.807, 2.05) is 18.2 Å². The van der Waals surface area contributed by atoms with Crippen LogP contribution in [0.4, 0.5) is 8.78 Å². The molecule has 2 aromatic carbocycles. The van der Waals surface area contributed by atoms with Crippen molar-refractivity contribution in [2.24, 2.45) is 5.92 Å². The number of nitriles is 1. The fourth-order valence-corrected chi connectivity index (χ4v) is 3.48. The zero-order valence-electron chi connectivity index (χ0n) is 13.4. The smallest absolute Gasteiger partial charge is 0.141 e. The summed E-state index contributed by atoms with van der Waals surface area (Å²) < 4.78 is 26.0. The van der Waals surface area contributed by atoms with Crippen LogP contribution in [0.25, 0.3) is 11.1 Å². The lowest BCUT2D eigenvalue weighted by Crippen LogP contribution is -2.11. The number of hydrogen-bond acceptors (Lipinski definition) is 1. The summed E-state index contributed by atoms with van der Waals surface area (Å²) in [7, 11) is 0. The molecule has 0 radical (unpaired) electrons. The first-order chi connectivity index (χ1) is 11.7. The van der Waals surface area contributed by atoms with Gasteiger partial charge >= 0.3 is 0 Å². The van der Waals surface area contributed by atoms with Crippen LogP contribution in [0.2, 0.25) is 0 Å². The molecule has 0 heterocycles. The maximum Gasteiger partial charge on any atom is 0.141 e. The monoisotopic (exact) mass is 323 g/mol. The van der Waals surface area contributed by atoms with E-state index in [9.17, 15) is 8.78 Å². The molecular formula is C21H19F2N. The Kier molecular flexibility index (Phi) is 5.05. The normalized spacial score (nSPS) is 20.9. The Morgan fingerprint density at radius 1 is 0.958 bits per heavy atom. The van der Waals surface area contributed by atoms with Gasteiger partial charge in [-0.25, -0.2) is 8.78 Å². The third kappa shape index (κ3) is 3.54. The van der Waals surface area contributed by atoms with Gasteiger partial charge in [-0.15, -0.1) is 0 Å². The third-order valence-electron chi connectivity index (χ3n) is 4.92. The molecule has 0 bridgehead atoms. The highest BCUT2D eigenvalue weighted by Gasteiger charge is 2.20. The van der Waals surface area contributed by atoms with Crippen molar-refractivity contribution in [3.63, 3.8) is 0 Å². The van der Waals surface area contributed by atoms with Crippen molar-refractivity contribution in [2.45, 2.75) is 31.6 Å². The van der Waals surface area contributed by atoms with Crippen molar-refractivity contribution in [3.8, 4) is 17.2 Å². The molecule has 1 aliphatic carbocycles. The predicted octanol–water partition coefficient (Wildman–Crippen LogP) is 6.12. The van der Waals surface area contributed by atoms with E-state index in [-0.39, 0.29) is 5.56 Å². The molecule has 2 aromatic rings. The molecule has 0 aliphatic heterocycles. The van der Waals surface area contributed by atoms with Crippen LogP contribution in [0.15, 0.2) is 54.9 Å². The predicted molar refractivity (Wildman–Crippen MR) is 91.5 cm³/mol. The molecule has 122 valence electrons. The molecule has 0 unspecified atom stereocenters. The molecule has 24 heavy (non-hydrogen) atoms. The summed E-state index contributed by atoms with van der Waals surface area (Å²) in [4.78, 5) is 0. The molecule has 1 saturated carbocycles. The van der Waals surface area contributed by atoms with Crippen molar-refractivity contribution in [1.82, 2.24) is 0 Å². The van der Waals surface area contributed by atoms with Crippen molar-refractivity contribution in [3.05, 3.63) is 71.8 Å². The number of benzene rings is 2. The van der Waals surface area contributed by atoms with Gasteiger partial charge in [0.25, 0.3) is 0 Å². The van der Waals surface area contributed by atoms with Crippen LogP contribution in [0.3, 0.4) is 0 Å². The quantitative estimate of drug-likeness (QED) is 0.667. The van der Waals surface area contributed by atoms with E-state index in [4.69, 9.17) is 5.26 Å². The van der Waals surface area contributed by atoms with Crippen LogP contribution in [-0.4, -0.2) is 0 Å². The van der Waals surface area contributed by atoms with Gasteiger partial charge in [-0.3, -0.25) is 0 Å². The van der Waals surface area contributed by atoms with Gasteiger partial charge in [0.15, 0.2) is 0 Å². The lowest BCUT2D eigenvalue weighted by Gasteiger charge is -2.27. The SMILES string of the molecule is N#Cc1ccc(-c2ccc(C3CCC(/C=C/F)CC3)cc2)cc1F. The van der Waals surface area contributed by atoms with Crippen molar-refractivity contribution in [2.75, 3.05) is 0 Å². The average Bonchev–Trinajstić information content (AvgIpc) is 2.63. The third-order valence-corrected chi connectivity index (χ3v) is 4.92. The van der Waals surface area contributed by atoms with Gasteiger partial charge in [-0.05, 0) is 66.3 Å². The zero-order valence-corrected chi connectivity index (χ0v) is 13.4. The minimum atomic E-state index is -0.488. The molecule has 0 aromatic heterocycles. The number of halogens is 2. The highest BCUT2D eigenvalue weighted by Crippen LogP contribution is 2.37. The lowest BCUT2D eigenvalue weighted by molar-refractivity contribution is 0.373.